The molecule has 13 heavy (non-hydrogen) atoms. The fourth-order valence-corrected chi connectivity index (χ4v) is 1.01. The van der Waals surface area contributed by atoms with Crippen molar-refractivity contribution in [2.45, 2.75) is 20.0 Å². The molecule has 4 nitrogen and oxygen atoms in total. The number of hydrogen-bond donors (Lipinski definition) is 1. The summed E-state index contributed by atoms with van der Waals surface area (Å²) in [7, 11) is 0. The molecule has 0 aliphatic heterocycles. The number of carbonyl (C=O) groups excluding carboxylic acids is 1. The number of nitrogens with one attached hydrogen (secondary N) is 1. The molecule has 0 radical (unpaired) electrons. The molecule has 0 spiro atoms. The largest absolute Gasteiger partial charge is 0.351 e. The molecule has 0 unspecified atom stereocenters. The van der Waals surface area contributed by atoms with Gasteiger partial charge in [0.2, 0.25) is 5.91 Å². The van der Waals surface area contributed by atoms with E-state index in [4.69, 9.17) is 11.6 Å². The SMILES string of the molecule is CCn1cc(CNC(=O)CCl)cn1. The summed E-state index contributed by atoms with van der Waals surface area (Å²) in [4.78, 5) is 10.8. The molecule has 0 saturated heterocycles. The van der Waals surface area contributed by atoms with Crippen molar-refractivity contribution in [1.82, 2.24) is 15.1 Å². The number of halogens is 1. The number of alkyl halides is 1. The van der Waals surface area contributed by atoms with Gasteiger partial charge in [0.25, 0.3) is 0 Å². The molecule has 0 aliphatic carbocycles. The van der Waals surface area contributed by atoms with Crippen LogP contribution in [0.3, 0.4) is 0 Å². The first-order valence-electron chi connectivity index (χ1n) is 4.10. The molecule has 5 heteroatoms. The van der Waals surface area contributed by atoms with E-state index in [2.05, 4.69) is 10.4 Å². The summed E-state index contributed by atoms with van der Waals surface area (Å²) in [5.74, 6) is -0.159. The van der Waals surface area contributed by atoms with E-state index in [-0.39, 0.29) is 11.8 Å². The molecule has 0 aromatic carbocycles. The van der Waals surface area contributed by atoms with Crippen molar-refractivity contribution in [3.05, 3.63) is 18.0 Å². The lowest BCUT2D eigenvalue weighted by molar-refractivity contribution is -0.118. The Morgan fingerprint density at radius 2 is 2.54 bits per heavy atom. The fraction of sp³-hybridized carbons (Fsp3) is 0.500. The average molecular weight is 202 g/mol. The molecular formula is C8H12ClN3O. The van der Waals surface area contributed by atoms with Gasteiger partial charge in [-0.2, -0.15) is 5.10 Å². The summed E-state index contributed by atoms with van der Waals surface area (Å²) in [6, 6.07) is 0. The summed E-state index contributed by atoms with van der Waals surface area (Å²) < 4.78 is 1.81. The van der Waals surface area contributed by atoms with Crippen LogP contribution in [-0.4, -0.2) is 21.6 Å². The molecule has 1 amide bonds. The maximum Gasteiger partial charge on any atom is 0.235 e. The highest BCUT2D eigenvalue weighted by atomic mass is 35.5. The van der Waals surface area contributed by atoms with E-state index in [9.17, 15) is 4.79 Å². The third-order valence-corrected chi connectivity index (χ3v) is 1.86. The van der Waals surface area contributed by atoms with Gasteiger partial charge >= 0.3 is 0 Å². The summed E-state index contributed by atoms with van der Waals surface area (Å²) >= 11 is 5.32. The molecule has 1 aromatic rings. The Morgan fingerprint density at radius 3 is 3.08 bits per heavy atom. The highest BCUT2D eigenvalue weighted by Gasteiger charge is 2.00. The quantitative estimate of drug-likeness (QED) is 0.732. The first-order chi connectivity index (χ1) is 6.26. The Kier molecular flexibility index (Phi) is 3.76. The maximum atomic E-state index is 10.8. The van der Waals surface area contributed by atoms with Crippen LogP contribution in [-0.2, 0) is 17.9 Å². The molecule has 1 rings (SSSR count). The van der Waals surface area contributed by atoms with Crippen LogP contribution in [0.25, 0.3) is 0 Å². The lowest BCUT2D eigenvalue weighted by Crippen LogP contribution is -2.23. The highest BCUT2D eigenvalue weighted by molar-refractivity contribution is 6.27. The lowest BCUT2D eigenvalue weighted by atomic mass is 10.3. The molecule has 1 N–H and O–H groups in total. The van der Waals surface area contributed by atoms with Gasteiger partial charge in [-0.25, -0.2) is 0 Å². The van der Waals surface area contributed by atoms with E-state index in [0.29, 0.717) is 6.54 Å². The zero-order valence-corrected chi connectivity index (χ0v) is 8.21. The summed E-state index contributed by atoms with van der Waals surface area (Å²) in [5.41, 5.74) is 0.986. The fourth-order valence-electron chi connectivity index (χ4n) is 0.919. The summed E-state index contributed by atoms with van der Waals surface area (Å²) in [6.45, 7) is 3.34. The normalized spacial score (nSPS) is 10.0. The standard InChI is InChI=1S/C8H12ClN3O/c1-2-12-6-7(5-11-12)4-10-8(13)3-9/h5-6H,2-4H2,1H3,(H,10,13). The number of rotatable bonds is 4. The Morgan fingerprint density at radius 1 is 1.77 bits per heavy atom. The van der Waals surface area contributed by atoms with Crippen LogP contribution >= 0.6 is 11.6 Å². The predicted molar refractivity (Wildman–Crippen MR) is 50.5 cm³/mol. The Hall–Kier alpha value is -1.03. The minimum atomic E-state index is -0.161. The van der Waals surface area contributed by atoms with Gasteiger partial charge in [-0.15, -0.1) is 11.6 Å². The van der Waals surface area contributed by atoms with E-state index < -0.39 is 0 Å². The molecular weight excluding hydrogens is 190 g/mol. The van der Waals surface area contributed by atoms with Gasteiger partial charge in [0.15, 0.2) is 0 Å². The number of aromatic nitrogens is 2. The molecule has 0 fully saturated rings. The Bertz CT molecular complexity index is 285. The minimum absolute atomic E-state index is 0.00190. The number of hydrogen-bond acceptors (Lipinski definition) is 2. The lowest BCUT2D eigenvalue weighted by Gasteiger charge is -1.98. The number of aryl methyl sites for hydroxylation is 1. The van der Waals surface area contributed by atoms with Gasteiger partial charge in [0.05, 0.1) is 6.20 Å². The van der Waals surface area contributed by atoms with Crippen molar-refractivity contribution in [3.8, 4) is 0 Å². The molecule has 0 atom stereocenters. The third kappa shape index (κ3) is 3.06. The minimum Gasteiger partial charge on any atom is -0.351 e. The number of carbonyl (C=O) groups is 1. The first kappa shape index (κ1) is 10.1. The van der Waals surface area contributed by atoms with Crippen LogP contribution < -0.4 is 5.32 Å². The smallest absolute Gasteiger partial charge is 0.235 e. The van der Waals surface area contributed by atoms with Crippen LogP contribution in [0.15, 0.2) is 12.4 Å². The predicted octanol–water partition coefficient (Wildman–Crippen LogP) is 0.758. The van der Waals surface area contributed by atoms with Crippen molar-refractivity contribution < 1.29 is 4.79 Å². The second kappa shape index (κ2) is 4.87. The van der Waals surface area contributed by atoms with Gasteiger partial charge < -0.3 is 5.32 Å². The van der Waals surface area contributed by atoms with Crippen LogP contribution in [0.2, 0.25) is 0 Å². The third-order valence-electron chi connectivity index (χ3n) is 1.62. The van der Waals surface area contributed by atoms with E-state index in [0.717, 1.165) is 12.1 Å². The second-order valence-corrected chi connectivity index (χ2v) is 2.88. The van der Waals surface area contributed by atoms with Crippen LogP contribution in [0.5, 0.6) is 0 Å². The maximum absolute atomic E-state index is 10.8. The molecule has 72 valence electrons. The van der Waals surface area contributed by atoms with Gasteiger partial charge in [0, 0.05) is 24.8 Å². The molecule has 0 aliphatic rings. The van der Waals surface area contributed by atoms with Crippen molar-refractivity contribution in [2.75, 3.05) is 5.88 Å². The number of amides is 1. The topological polar surface area (TPSA) is 46.9 Å². The van der Waals surface area contributed by atoms with Crippen LogP contribution in [0.4, 0.5) is 0 Å². The van der Waals surface area contributed by atoms with E-state index >= 15 is 0 Å². The van der Waals surface area contributed by atoms with Crippen molar-refractivity contribution in [3.63, 3.8) is 0 Å². The molecule has 0 saturated carbocycles. The first-order valence-corrected chi connectivity index (χ1v) is 4.63. The monoisotopic (exact) mass is 201 g/mol. The zero-order valence-electron chi connectivity index (χ0n) is 7.46. The van der Waals surface area contributed by atoms with E-state index in [1.165, 1.54) is 0 Å². The summed E-state index contributed by atoms with van der Waals surface area (Å²) in [6.07, 6.45) is 3.63. The van der Waals surface area contributed by atoms with Crippen molar-refractivity contribution >= 4 is 17.5 Å². The van der Waals surface area contributed by atoms with Gasteiger partial charge in [0.1, 0.15) is 5.88 Å². The van der Waals surface area contributed by atoms with Gasteiger partial charge in [-0.1, -0.05) is 0 Å². The Labute approximate surface area is 81.9 Å². The average Bonchev–Trinajstić information content (AvgIpc) is 2.61. The van der Waals surface area contributed by atoms with E-state index in [1.54, 1.807) is 6.20 Å². The van der Waals surface area contributed by atoms with E-state index in [1.807, 2.05) is 17.8 Å². The molecule has 1 heterocycles. The summed E-state index contributed by atoms with van der Waals surface area (Å²) in [5, 5.41) is 6.73. The van der Waals surface area contributed by atoms with Crippen LogP contribution in [0.1, 0.15) is 12.5 Å². The Balaban J connectivity index is 2.41. The van der Waals surface area contributed by atoms with Crippen molar-refractivity contribution in [1.29, 1.82) is 0 Å². The van der Waals surface area contributed by atoms with Crippen LogP contribution in [0, 0.1) is 0 Å². The van der Waals surface area contributed by atoms with Gasteiger partial charge in [-0.3, -0.25) is 9.48 Å². The van der Waals surface area contributed by atoms with Crippen molar-refractivity contribution in [2.24, 2.45) is 0 Å². The number of nitrogens with zero attached hydrogens (tertiary/aromatic N) is 2. The molecule has 1 aromatic heterocycles. The molecule has 0 bridgehead atoms. The second-order valence-electron chi connectivity index (χ2n) is 2.61. The highest BCUT2D eigenvalue weighted by Crippen LogP contribution is 1.96. The van der Waals surface area contributed by atoms with Gasteiger partial charge in [-0.05, 0) is 6.92 Å². The zero-order chi connectivity index (χ0) is 9.68.